The average molecular weight is 175 g/mol. The van der Waals surface area contributed by atoms with Crippen LogP contribution in [-0.2, 0) is 14.3 Å². The molecule has 0 saturated heterocycles. The normalized spacial score (nSPS) is 14.9. The van der Waals surface area contributed by atoms with Crippen molar-refractivity contribution < 1.29 is 19.4 Å². The highest BCUT2D eigenvalue weighted by Gasteiger charge is 2.20. The molecule has 0 aromatic rings. The Morgan fingerprint density at radius 2 is 2.08 bits per heavy atom. The Hall–Kier alpha value is -1.10. The topological polar surface area (TPSA) is 89.6 Å². The van der Waals surface area contributed by atoms with Crippen LogP contribution in [0.25, 0.3) is 0 Å². The average Bonchev–Trinajstić information content (AvgIpc) is 2.02. The third-order valence-corrected chi connectivity index (χ3v) is 1.53. The van der Waals surface area contributed by atoms with Crippen LogP contribution in [0.2, 0.25) is 0 Å². The van der Waals surface area contributed by atoms with Crippen LogP contribution in [-0.4, -0.2) is 30.2 Å². The van der Waals surface area contributed by atoms with Crippen molar-refractivity contribution in [1.82, 2.24) is 0 Å². The SMILES string of the molecule is COC(=O)C(N)CC(C)C(=O)O. The standard InChI is InChI=1S/C7H13NO4/c1-4(6(9)10)3-5(8)7(11)12-2/h4-5H,3,8H2,1-2H3,(H,9,10). The molecule has 0 aromatic carbocycles. The van der Waals surface area contributed by atoms with Crippen LogP contribution in [0, 0.1) is 5.92 Å². The van der Waals surface area contributed by atoms with E-state index in [9.17, 15) is 9.59 Å². The van der Waals surface area contributed by atoms with Crippen LogP contribution < -0.4 is 5.73 Å². The number of hydrogen-bond donors (Lipinski definition) is 2. The van der Waals surface area contributed by atoms with E-state index in [0.29, 0.717) is 0 Å². The van der Waals surface area contributed by atoms with Crippen molar-refractivity contribution in [3.05, 3.63) is 0 Å². The van der Waals surface area contributed by atoms with Crippen molar-refractivity contribution in [2.24, 2.45) is 11.7 Å². The van der Waals surface area contributed by atoms with E-state index in [4.69, 9.17) is 10.8 Å². The van der Waals surface area contributed by atoms with E-state index in [1.807, 2.05) is 0 Å². The number of carbonyl (C=O) groups excluding carboxylic acids is 1. The van der Waals surface area contributed by atoms with E-state index < -0.39 is 23.9 Å². The molecule has 5 nitrogen and oxygen atoms in total. The minimum Gasteiger partial charge on any atom is -0.481 e. The first kappa shape index (κ1) is 10.9. The first-order valence-corrected chi connectivity index (χ1v) is 3.55. The Morgan fingerprint density at radius 3 is 2.42 bits per heavy atom. The molecule has 0 aromatic heterocycles. The van der Waals surface area contributed by atoms with Gasteiger partial charge in [-0.25, -0.2) is 0 Å². The molecule has 0 saturated carbocycles. The Balaban J connectivity index is 3.91. The van der Waals surface area contributed by atoms with Crippen molar-refractivity contribution in [1.29, 1.82) is 0 Å². The number of carboxylic acids is 1. The fraction of sp³-hybridized carbons (Fsp3) is 0.714. The number of aliphatic carboxylic acids is 1. The second kappa shape index (κ2) is 4.71. The Labute approximate surface area is 70.5 Å². The van der Waals surface area contributed by atoms with Crippen LogP contribution in [0.15, 0.2) is 0 Å². The molecular formula is C7H13NO4. The fourth-order valence-corrected chi connectivity index (χ4v) is 0.729. The molecule has 0 spiro atoms. The van der Waals surface area contributed by atoms with E-state index in [1.165, 1.54) is 14.0 Å². The lowest BCUT2D eigenvalue weighted by Gasteiger charge is -2.11. The number of nitrogens with two attached hydrogens (primary N) is 1. The maximum atomic E-state index is 10.7. The summed E-state index contributed by atoms with van der Waals surface area (Å²) in [5.74, 6) is -2.17. The Kier molecular flexibility index (Phi) is 4.28. The number of hydrogen-bond acceptors (Lipinski definition) is 4. The van der Waals surface area contributed by atoms with Crippen molar-refractivity contribution >= 4 is 11.9 Å². The van der Waals surface area contributed by atoms with Crippen LogP contribution in [0.3, 0.4) is 0 Å². The van der Waals surface area contributed by atoms with Crippen LogP contribution >= 0.6 is 0 Å². The Bertz CT molecular complexity index is 180. The summed E-state index contributed by atoms with van der Waals surface area (Å²) in [6.07, 6.45) is 0.0992. The number of esters is 1. The largest absolute Gasteiger partial charge is 0.481 e. The van der Waals surface area contributed by atoms with Crippen molar-refractivity contribution in [3.63, 3.8) is 0 Å². The van der Waals surface area contributed by atoms with Crippen LogP contribution in [0.1, 0.15) is 13.3 Å². The minimum absolute atomic E-state index is 0.0992. The van der Waals surface area contributed by atoms with Gasteiger partial charge in [-0.05, 0) is 6.42 Å². The fourth-order valence-electron chi connectivity index (χ4n) is 0.729. The zero-order chi connectivity index (χ0) is 9.72. The van der Waals surface area contributed by atoms with Gasteiger partial charge >= 0.3 is 11.9 Å². The van der Waals surface area contributed by atoms with Gasteiger partial charge in [-0.2, -0.15) is 0 Å². The summed E-state index contributed by atoms with van der Waals surface area (Å²) in [6, 6.07) is -0.846. The van der Waals surface area contributed by atoms with E-state index >= 15 is 0 Å². The summed E-state index contributed by atoms with van der Waals surface area (Å²) < 4.78 is 4.34. The molecule has 0 rings (SSSR count). The van der Waals surface area contributed by atoms with Crippen molar-refractivity contribution in [3.8, 4) is 0 Å². The van der Waals surface area contributed by atoms with Gasteiger partial charge in [-0.3, -0.25) is 9.59 Å². The molecule has 5 heteroatoms. The zero-order valence-electron chi connectivity index (χ0n) is 7.11. The minimum atomic E-state index is -0.964. The van der Waals surface area contributed by atoms with E-state index in [-0.39, 0.29) is 6.42 Å². The number of carbonyl (C=O) groups is 2. The third kappa shape index (κ3) is 3.34. The second-order valence-electron chi connectivity index (χ2n) is 2.60. The second-order valence-corrected chi connectivity index (χ2v) is 2.60. The van der Waals surface area contributed by atoms with Gasteiger partial charge < -0.3 is 15.6 Å². The molecule has 0 aliphatic rings. The maximum Gasteiger partial charge on any atom is 0.322 e. The zero-order valence-corrected chi connectivity index (χ0v) is 7.11. The van der Waals surface area contributed by atoms with Gasteiger partial charge in [-0.15, -0.1) is 0 Å². The van der Waals surface area contributed by atoms with Gasteiger partial charge in [0.2, 0.25) is 0 Å². The quantitative estimate of drug-likeness (QED) is 0.567. The van der Waals surface area contributed by atoms with E-state index in [1.54, 1.807) is 0 Å². The highest BCUT2D eigenvalue weighted by molar-refractivity contribution is 5.77. The molecule has 0 amide bonds. The maximum absolute atomic E-state index is 10.7. The lowest BCUT2D eigenvalue weighted by molar-refractivity contribution is -0.144. The van der Waals surface area contributed by atoms with Crippen molar-refractivity contribution in [2.45, 2.75) is 19.4 Å². The molecule has 12 heavy (non-hydrogen) atoms. The molecule has 0 radical (unpaired) electrons. The Morgan fingerprint density at radius 1 is 1.58 bits per heavy atom. The lowest BCUT2D eigenvalue weighted by atomic mass is 10.0. The number of methoxy groups -OCH3 is 1. The summed E-state index contributed by atoms with van der Waals surface area (Å²) in [7, 11) is 1.22. The lowest BCUT2D eigenvalue weighted by Crippen LogP contribution is -2.34. The molecule has 0 bridgehead atoms. The summed E-state index contributed by atoms with van der Waals surface area (Å²) in [5.41, 5.74) is 5.33. The highest BCUT2D eigenvalue weighted by atomic mass is 16.5. The van der Waals surface area contributed by atoms with Crippen molar-refractivity contribution in [2.75, 3.05) is 7.11 Å². The predicted molar refractivity (Wildman–Crippen MR) is 41.4 cm³/mol. The molecule has 2 unspecified atom stereocenters. The number of rotatable bonds is 4. The first-order chi connectivity index (χ1) is 5.49. The molecule has 3 N–H and O–H groups in total. The molecule has 0 fully saturated rings. The van der Waals surface area contributed by atoms with E-state index in [0.717, 1.165) is 0 Å². The van der Waals surface area contributed by atoms with Gasteiger partial charge in [0.15, 0.2) is 0 Å². The van der Waals surface area contributed by atoms with Gasteiger partial charge in [0, 0.05) is 0 Å². The molecule has 70 valence electrons. The van der Waals surface area contributed by atoms with Crippen LogP contribution in [0.5, 0.6) is 0 Å². The first-order valence-electron chi connectivity index (χ1n) is 3.55. The van der Waals surface area contributed by atoms with E-state index in [2.05, 4.69) is 4.74 Å². The summed E-state index contributed by atoms with van der Waals surface area (Å²) in [4.78, 5) is 21.1. The molecular weight excluding hydrogens is 162 g/mol. The molecule has 0 aliphatic carbocycles. The van der Waals surface area contributed by atoms with Gasteiger partial charge in [0.1, 0.15) is 6.04 Å². The summed E-state index contributed by atoms with van der Waals surface area (Å²) in [6.45, 7) is 1.49. The molecule has 0 aliphatic heterocycles. The monoisotopic (exact) mass is 175 g/mol. The smallest absolute Gasteiger partial charge is 0.322 e. The summed E-state index contributed by atoms with van der Waals surface area (Å²) >= 11 is 0. The highest BCUT2D eigenvalue weighted by Crippen LogP contribution is 2.05. The molecule has 0 heterocycles. The number of ether oxygens (including phenoxy) is 1. The van der Waals surface area contributed by atoms with Gasteiger partial charge in [0.05, 0.1) is 13.0 Å². The predicted octanol–water partition coefficient (Wildman–Crippen LogP) is -0.402. The van der Waals surface area contributed by atoms with Gasteiger partial charge in [-0.1, -0.05) is 6.92 Å². The summed E-state index contributed by atoms with van der Waals surface area (Å²) in [5, 5.41) is 8.48. The van der Waals surface area contributed by atoms with Crippen LogP contribution in [0.4, 0.5) is 0 Å². The third-order valence-electron chi connectivity index (χ3n) is 1.53. The van der Waals surface area contributed by atoms with Gasteiger partial charge in [0.25, 0.3) is 0 Å². The number of carboxylic acid groups (broad SMARTS) is 1. The molecule has 2 atom stereocenters.